The molecular weight excluding hydrogens is 210 g/mol. The van der Waals surface area contributed by atoms with Gasteiger partial charge >= 0.3 is 0 Å². The van der Waals surface area contributed by atoms with Crippen LogP contribution in [0.25, 0.3) is 0 Å². The van der Waals surface area contributed by atoms with Gasteiger partial charge in [0.15, 0.2) is 0 Å². The standard InChI is InChI=1S/C15H29NO/c1-14(17)16-15-12-10-8-6-4-2-3-5-7-9-11-13-15/h15H,2-13H2,1H3,(H,16,17). The minimum atomic E-state index is 0.138. The first-order valence-electron chi connectivity index (χ1n) is 7.56. The lowest BCUT2D eigenvalue weighted by molar-refractivity contribution is -0.119. The van der Waals surface area contributed by atoms with Crippen LogP contribution in [0.4, 0.5) is 0 Å². The van der Waals surface area contributed by atoms with Crippen molar-refractivity contribution in [2.24, 2.45) is 0 Å². The van der Waals surface area contributed by atoms with Crippen molar-refractivity contribution in [3.05, 3.63) is 0 Å². The summed E-state index contributed by atoms with van der Waals surface area (Å²) >= 11 is 0. The molecule has 1 aliphatic rings. The quantitative estimate of drug-likeness (QED) is 0.730. The summed E-state index contributed by atoms with van der Waals surface area (Å²) in [5.41, 5.74) is 0. The lowest BCUT2D eigenvalue weighted by Crippen LogP contribution is -2.32. The SMILES string of the molecule is CC(=O)NC1CCCCCCCCCCCC1. The maximum atomic E-state index is 11.1. The highest BCUT2D eigenvalue weighted by Gasteiger charge is 2.09. The molecule has 1 fully saturated rings. The summed E-state index contributed by atoms with van der Waals surface area (Å²) in [6.45, 7) is 1.64. The largest absolute Gasteiger partial charge is 0.354 e. The molecule has 0 heterocycles. The van der Waals surface area contributed by atoms with Crippen LogP contribution in [0.15, 0.2) is 0 Å². The minimum Gasteiger partial charge on any atom is -0.354 e. The number of carbonyl (C=O) groups is 1. The first-order chi connectivity index (χ1) is 8.29. The third-order valence-corrected chi connectivity index (χ3v) is 3.76. The molecule has 2 nitrogen and oxygen atoms in total. The van der Waals surface area contributed by atoms with E-state index in [4.69, 9.17) is 0 Å². The van der Waals surface area contributed by atoms with Crippen LogP contribution in [0.1, 0.15) is 84.0 Å². The maximum Gasteiger partial charge on any atom is 0.217 e. The van der Waals surface area contributed by atoms with E-state index in [-0.39, 0.29) is 5.91 Å². The Bertz CT molecular complexity index is 189. The van der Waals surface area contributed by atoms with Gasteiger partial charge < -0.3 is 5.32 Å². The molecule has 0 saturated heterocycles. The molecule has 1 N–H and O–H groups in total. The van der Waals surface area contributed by atoms with E-state index in [1.807, 2.05) is 0 Å². The summed E-state index contributed by atoms with van der Waals surface area (Å²) < 4.78 is 0. The van der Waals surface area contributed by atoms with Gasteiger partial charge in [-0.3, -0.25) is 4.79 Å². The van der Waals surface area contributed by atoms with Crippen LogP contribution < -0.4 is 5.32 Å². The van der Waals surface area contributed by atoms with Gasteiger partial charge in [0.25, 0.3) is 0 Å². The van der Waals surface area contributed by atoms with Crippen LogP contribution in [0, 0.1) is 0 Å². The summed E-state index contributed by atoms with van der Waals surface area (Å²) in [6.07, 6.45) is 16.0. The van der Waals surface area contributed by atoms with Crippen molar-refractivity contribution < 1.29 is 4.79 Å². The van der Waals surface area contributed by atoms with Gasteiger partial charge in [-0.05, 0) is 12.8 Å². The Morgan fingerprint density at radius 3 is 1.47 bits per heavy atom. The van der Waals surface area contributed by atoms with Gasteiger partial charge in [-0.1, -0.05) is 64.2 Å². The predicted molar refractivity (Wildman–Crippen MR) is 73.0 cm³/mol. The molecule has 17 heavy (non-hydrogen) atoms. The zero-order valence-electron chi connectivity index (χ0n) is 11.5. The van der Waals surface area contributed by atoms with Crippen LogP contribution in [-0.2, 0) is 4.79 Å². The molecule has 0 aliphatic heterocycles. The lowest BCUT2D eigenvalue weighted by Gasteiger charge is -2.17. The third-order valence-electron chi connectivity index (χ3n) is 3.76. The summed E-state index contributed by atoms with van der Waals surface area (Å²) in [5, 5.41) is 3.11. The Labute approximate surface area is 107 Å². The van der Waals surface area contributed by atoms with Crippen molar-refractivity contribution in [3.8, 4) is 0 Å². The molecule has 0 spiro atoms. The summed E-state index contributed by atoms with van der Waals surface area (Å²) in [4.78, 5) is 11.1. The molecule has 0 aromatic heterocycles. The molecule has 1 rings (SSSR count). The van der Waals surface area contributed by atoms with Crippen LogP contribution in [0.2, 0.25) is 0 Å². The van der Waals surface area contributed by atoms with E-state index in [0.29, 0.717) is 6.04 Å². The second kappa shape index (κ2) is 9.49. The smallest absolute Gasteiger partial charge is 0.217 e. The normalized spacial score (nSPS) is 21.9. The number of amides is 1. The average Bonchev–Trinajstić information content (AvgIpc) is 2.30. The third kappa shape index (κ3) is 8.23. The van der Waals surface area contributed by atoms with Crippen LogP contribution in [0.3, 0.4) is 0 Å². The molecule has 1 aliphatic carbocycles. The molecule has 2 heteroatoms. The lowest BCUT2D eigenvalue weighted by atomic mass is 10.0. The zero-order valence-corrected chi connectivity index (χ0v) is 11.5. The molecule has 0 bridgehead atoms. The van der Waals surface area contributed by atoms with E-state index in [2.05, 4.69) is 5.32 Å². The Balaban J connectivity index is 2.28. The Kier molecular flexibility index (Phi) is 8.12. The monoisotopic (exact) mass is 239 g/mol. The molecule has 0 unspecified atom stereocenters. The van der Waals surface area contributed by atoms with Crippen molar-refractivity contribution >= 4 is 5.91 Å². The molecule has 0 radical (unpaired) electrons. The molecule has 1 saturated carbocycles. The summed E-state index contributed by atoms with van der Waals surface area (Å²) in [7, 11) is 0. The van der Waals surface area contributed by atoms with Crippen molar-refractivity contribution in [3.63, 3.8) is 0 Å². The molecule has 0 aromatic rings. The first kappa shape index (κ1) is 14.5. The number of hydrogen-bond donors (Lipinski definition) is 1. The molecule has 0 aromatic carbocycles. The topological polar surface area (TPSA) is 29.1 Å². The van der Waals surface area contributed by atoms with E-state index in [0.717, 1.165) is 0 Å². The Morgan fingerprint density at radius 2 is 1.12 bits per heavy atom. The zero-order chi connectivity index (χ0) is 12.3. The van der Waals surface area contributed by atoms with Crippen molar-refractivity contribution in [2.75, 3.05) is 0 Å². The fraction of sp³-hybridized carbons (Fsp3) is 0.933. The van der Waals surface area contributed by atoms with Crippen molar-refractivity contribution in [1.29, 1.82) is 0 Å². The average molecular weight is 239 g/mol. The van der Waals surface area contributed by atoms with E-state index >= 15 is 0 Å². The number of hydrogen-bond acceptors (Lipinski definition) is 1. The highest BCUT2D eigenvalue weighted by atomic mass is 16.1. The van der Waals surface area contributed by atoms with Gasteiger partial charge in [0.2, 0.25) is 5.91 Å². The fourth-order valence-corrected chi connectivity index (χ4v) is 2.77. The Hall–Kier alpha value is -0.530. The second-order valence-corrected chi connectivity index (χ2v) is 5.51. The van der Waals surface area contributed by atoms with Gasteiger partial charge in [0.1, 0.15) is 0 Å². The number of nitrogens with one attached hydrogen (secondary N) is 1. The fourth-order valence-electron chi connectivity index (χ4n) is 2.77. The van der Waals surface area contributed by atoms with E-state index in [1.165, 1.54) is 77.0 Å². The van der Waals surface area contributed by atoms with Crippen LogP contribution in [-0.4, -0.2) is 11.9 Å². The number of rotatable bonds is 1. The molecule has 1 amide bonds. The highest BCUT2D eigenvalue weighted by molar-refractivity contribution is 5.73. The maximum absolute atomic E-state index is 11.1. The van der Waals surface area contributed by atoms with E-state index in [1.54, 1.807) is 6.92 Å². The second-order valence-electron chi connectivity index (χ2n) is 5.51. The van der Waals surface area contributed by atoms with Gasteiger partial charge in [0, 0.05) is 13.0 Å². The molecule has 0 atom stereocenters. The van der Waals surface area contributed by atoms with E-state index in [9.17, 15) is 4.79 Å². The van der Waals surface area contributed by atoms with Crippen molar-refractivity contribution in [1.82, 2.24) is 5.32 Å². The highest BCUT2D eigenvalue weighted by Crippen LogP contribution is 2.16. The molecule has 100 valence electrons. The first-order valence-corrected chi connectivity index (χ1v) is 7.56. The number of carbonyl (C=O) groups excluding carboxylic acids is 1. The minimum absolute atomic E-state index is 0.138. The summed E-state index contributed by atoms with van der Waals surface area (Å²) in [6, 6.07) is 0.438. The Morgan fingerprint density at radius 1 is 0.765 bits per heavy atom. The predicted octanol–water partition coefficient (Wildman–Crippen LogP) is 4.19. The molecular formula is C15H29NO. The summed E-state index contributed by atoms with van der Waals surface area (Å²) in [5.74, 6) is 0.138. The van der Waals surface area contributed by atoms with Gasteiger partial charge in [-0.25, -0.2) is 0 Å². The van der Waals surface area contributed by atoms with Crippen molar-refractivity contribution in [2.45, 2.75) is 90.0 Å². The van der Waals surface area contributed by atoms with Gasteiger partial charge in [0.05, 0.1) is 0 Å². The van der Waals surface area contributed by atoms with Gasteiger partial charge in [-0.2, -0.15) is 0 Å². The van der Waals surface area contributed by atoms with Gasteiger partial charge in [-0.15, -0.1) is 0 Å². The van der Waals surface area contributed by atoms with Crippen LogP contribution in [0.5, 0.6) is 0 Å². The van der Waals surface area contributed by atoms with E-state index < -0.39 is 0 Å². The van der Waals surface area contributed by atoms with Crippen LogP contribution >= 0.6 is 0 Å².